The minimum absolute atomic E-state index is 0.134. The minimum Gasteiger partial charge on any atom is -0.507 e. The molecule has 0 radical (unpaired) electrons. The number of nitrogens with zero attached hydrogens (tertiary/aromatic N) is 1. The number of phenols is 1. The van der Waals surface area contributed by atoms with Crippen LogP contribution in [-0.4, -0.2) is 22.7 Å². The van der Waals surface area contributed by atoms with Gasteiger partial charge < -0.3 is 9.84 Å². The van der Waals surface area contributed by atoms with Crippen LogP contribution in [0, 0.1) is 0 Å². The van der Waals surface area contributed by atoms with Crippen LogP contribution >= 0.6 is 27.5 Å². The molecule has 0 amide bonds. The van der Waals surface area contributed by atoms with Crippen LogP contribution in [0.15, 0.2) is 77.4 Å². The number of halogens is 2. The van der Waals surface area contributed by atoms with Gasteiger partial charge in [0.1, 0.15) is 5.75 Å². The van der Waals surface area contributed by atoms with Crippen LogP contribution < -0.4 is 0 Å². The third-order valence-corrected chi connectivity index (χ3v) is 6.93. The van der Waals surface area contributed by atoms with Crippen molar-refractivity contribution in [2.45, 2.75) is 19.3 Å². The first-order valence-electron chi connectivity index (χ1n) is 10.9. The van der Waals surface area contributed by atoms with Gasteiger partial charge in [-0.1, -0.05) is 63.9 Å². The van der Waals surface area contributed by atoms with Crippen molar-refractivity contribution in [2.75, 3.05) is 6.61 Å². The highest BCUT2D eigenvalue weighted by Crippen LogP contribution is 2.50. The Kier molecular flexibility index (Phi) is 6.15. The maximum absolute atomic E-state index is 11.7. The summed E-state index contributed by atoms with van der Waals surface area (Å²) in [5.41, 5.74) is 7.60. The summed E-state index contributed by atoms with van der Waals surface area (Å²) < 4.78 is 6.49. The predicted molar refractivity (Wildman–Crippen MR) is 138 cm³/mol. The highest BCUT2D eigenvalue weighted by Gasteiger charge is 2.32. The fourth-order valence-corrected chi connectivity index (χ4v) is 5.10. The number of carbonyl (C=O) groups is 1. The Morgan fingerprint density at radius 1 is 1.06 bits per heavy atom. The number of ether oxygens (including phenoxy) is 1. The Labute approximate surface area is 211 Å². The van der Waals surface area contributed by atoms with Gasteiger partial charge in [0.25, 0.3) is 0 Å². The summed E-state index contributed by atoms with van der Waals surface area (Å²) >= 11 is 9.56. The van der Waals surface area contributed by atoms with Crippen LogP contribution in [0.1, 0.15) is 24.0 Å². The third-order valence-electron chi connectivity index (χ3n) is 6.17. The lowest BCUT2D eigenvalue weighted by Gasteiger charge is -2.31. The third kappa shape index (κ3) is 4.22. The van der Waals surface area contributed by atoms with E-state index in [1.54, 1.807) is 12.3 Å². The van der Waals surface area contributed by atoms with Gasteiger partial charge in [-0.3, -0.25) is 9.78 Å². The molecule has 4 aromatic rings. The molecule has 34 heavy (non-hydrogen) atoms. The number of esters is 1. The van der Waals surface area contributed by atoms with Crippen molar-refractivity contribution >= 4 is 33.5 Å². The van der Waals surface area contributed by atoms with Crippen LogP contribution in [0.5, 0.6) is 5.75 Å². The second-order valence-corrected chi connectivity index (χ2v) is 9.68. The highest BCUT2D eigenvalue weighted by molar-refractivity contribution is 9.10. The maximum Gasteiger partial charge on any atom is 0.302 e. The van der Waals surface area contributed by atoms with Gasteiger partial charge in [0.05, 0.1) is 17.3 Å². The second-order valence-electron chi connectivity index (χ2n) is 8.32. The van der Waals surface area contributed by atoms with Gasteiger partial charge in [0.15, 0.2) is 0 Å². The molecule has 0 spiro atoms. The van der Waals surface area contributed by atoms with Gasteiger partial charge in [-0.05, 0) is 64.6 Å². The van der Waals surface area contributed by atoms with Crippen molar-refractivity contribution in [2.24, 2.45) is 0 Å². The van der Waals surface area contributed by atoms with Crippen molar-refractivity contribution in [3.63, 3.8) is 0 Å². The van der Waals surface area contributed by atoms with Gasteiger partial charge in [0.2, 0.25) is 0 Å². The number of rotatable bonds is 4. The lowest BCUT2D eigenvalue weighted by Crippen LogP contribution is -2.20. The van der Waals surface area contributed by atoms with Crippen molar-refractivity contribution in [1.29, 1.82) is 0 Å². The molecule has 5 rings (SSSR count). The number of phenolic OH excluding ortho intramolecular Hbond substituents is 1. The fourth-order valence-electron chi connectivity index (χ4n) is 4.72. The van der Waals surface area contributed by atoms with E-state index in [0.717, 1.165) is 49.1 Å². The quantitative estimate of drug-likeness (QED) is 0.277. The summed E-state index contributed by atoms with van der Waals surface area (Å²) in [6.45, 7) is 1.63. The zero-order valence-electron chi connectivity index (χ0n) is 18.4. The van der Waals surface area contributed by atoms with Crippen molar-refractivity contribution in [1.82, 2.24) is 4.98 Å². The van der Waals surface area contributed by atoms with E-state index in [0.29, 0.717) is 11.4 Å². The molecule has 0 bridgehead atoms. The average molecular weight is 535 g/mol. The maximum atomic E-state index is 11.7. The smallest absolute Gasteiger partial charge is 0.302 e. The molecule has 0 aliphatic heterocycles. The lowest BCUT2D eigenvalue weighted by atomic mass is 9.74. The summed E-state index contributed by atoms with van der Waals surface area (Å²) in [6.07, 6.45) is 2.27. The molecule has 0 fully saturated rings. The number of hydrogen-bond acceptors (Lipinski definition) is 4. The molecular formula is C28H21BrClNO3. The van der Waals surface area contributed by atoms with Crippen LogP contribution in [0.25, 0.3) is 33.5 Å². The van der Waals surface area contributed by atoms with Gasteiger partial charge in [0, 0.05) is 34.6 Å². The van der Waals surface area contributed by atoms with E-state index in [-0.39, 0.29) is 24.2 Å². The molecule has 0 saturated carbocycles. The van der Waals surface area contributed by atoms with E-state index in [2.05, 4.69) is 20.9 Å². The van der Waals surface area contributed by atoms with Gasteiger partial charge in [-0.15, -0.1) is 0 Å². The number of fused-ring (bicyclic) bond motifs is 3. The molecule has 1 aliphatic carbocycles. The minimum atomic E-state index is -0.328. The summed E-state index contributed by atoms with van der Waals surface area (Å²) in [5, 5.41) is 11.6. The number of carbonyl (C=O) groups excluding carboxylic acids is 1. The Balaban J connectivity index is 1.75. The Hall–Kier alpha value is -3.15. The Morgan fingerprint density at radius 2 is 1.82 bits per heavy atom. The SMILES string of the molecule is CC(=O)OCC1Cc2c(-c3ccc(Cl)cn3)cccc2-c2c(O)ccc(-c3ccc(Br)cc3)c21. The van der Waals surface area contributed by atoms with Crippen LogP contribution in [-0.2, 0) is 16.0 Å². The van der Waals surface area contributed by atoms with E-state index >= 15 is 0 Å². The Bertz CT molecular complexity index is 1380. The van der Waals surface area contributed by atoms with Crippen LogP contribution in [0.2, 0.25) is 5.02 Å². The molecule has 1 aliphatic rings. The zero-order chi connectivity index (χ0) is 23.8. The summed E-state index contributed by atoms with van der Waals surface area (Å²) in [7, 11) is 0. The highest BCUT2D eigenvalue weighted by atomic mass is 79.9. The lowest BCUT2D eigenvalue weighted by molar-refractivity contribution is -0.141. The molecule has 1 atom stereocenters. The van der Waals surface area contributed by atoms with Crippen LogP contribution in [0.4, 0.5) is 0 Å². The molecular weight excluding hydrogens is 514 g/mol. The topological polar surface area (TPSA) is 59.4 Å². The van der Waals surface area contributed by atoms with Gasteiger partial charge in [-0.25, -0.2) is 0 Å². The molecule has 3 aromatic carbocycles. The average Bonchev–Trinajstić information content (AvgIpc) is 2.83. The van der Waals surface area contributed by atoms with E-state index < -0.39 is 0 Å². The van der Waals surface area contributed by atoms with Gasteiger partial charge >= 0.3 is 5.97 Å². The standard InChI is InChI=1S/C28H21BrClNO3/c1-16(32)34-15-18-13-24-22(25-11-9-20(30)14-31-25)3-2-4-23(24)28-26(33)12-10-21(27(18)28)17-5-7-19(29)8-6-17/h2-12,14,18,33H,13,15H2,1H3. The second kappa shape index (κ2) is 9.24. The number of aromatic nitrogens is 1. The van der Waals surface area contributed by atoms with Crippen molar-refractivity contribution < 1.29 is 14.6 Å². The van der Waals surface area contributed by atoms with E-state index in [1.165, 1.54) is 6.92 Å². The summed E-state index contributed by atoms with van der Waals surface area (Å²) in [4.78, 5) is 16.2. The number of aromatic hydroxyl groups is 1. The molecule has 0 saturated heterocycles. The molecule has 1 unspecified atom stereocenters. The van der Waals surface area contributed by atoms with E-state index in [9.17, 15) is 9.90 Å². The van der Waals surface area contributed by atoms with Crippen LogP contribution in [0.3, 0.4) is 0 Å². The summed E-state index contributed by atoms with van der Waals surface area (Å²) in [5.74, 6) is -0.262. The van der Waals surface area contributed by atoms with Crippen molar-refractivity contribution in [3.05, 3.63) is 93.5 Å². The fraction of sp³-hybridized carbons (Fsp3) is 0.143. The normalized spacial score (nSPS) is 14.3. The first kappa shape index (κ1) is 22.6. The molecule has 1 N–H and O–H groups in total. The zero-order valence-corrected chi connectivity index (χ0v) is 20.7. The molecule has 170 valence electrons. The van der Waals surface area contributed by atoms with Gasteiger partial charge in [-0.2, -0.15) is 0 Å². The molecule has 1 heterocycles. The largest absolute Gasteiger partial charge is 0.507 e. The first-order valence-corrected chi connectivity index (χ1v) is 12.1. The Morgan fingerprint density at radius 3 is 2.53 bits per heavy atom. The molecule has 1 aromatic heterocycles. The molecule has 4 nitrogen and oxygen atoms in total. The molecule has 6 heteroatoms. The van der Waals surface area contributed by atoms with E-state index in [4.69, 9.17) is 16.3 Å². The number of hydrogen-bond donors (Lipinski definition) is 1. The van der Waals surface area contributed by atoms with Crippen molar-refractivity contribution in [3.8, 4) is 39.3 Å². The predicted octanol–water partition coefficient (Wildman–Crippen LogP) is 7.41. The summed E-state index contributed by atoms with van der Waals surface area (Å²) in [6, 6.07) is 21.5. The number of pyridine rings is 1. The first-order chi connectivity index (χ1) is 16.4. The monoisotopic (exact) mass is 533 g/mol. The van der Waals surface area contributed by atoms with E-state index in [1.807, 2.05) is 60.7 Å². The number of benzene rings is 3.